The Balaban J connectivity index is 1.80. The third-order valence-electron chi connectivity index (χ3n) is 4.17. The summed E-state index contributed by atoms with van der Waals surface area (Å²) in [5, 5.41) is 13.3. The van der Waals surface area contributed by atoms with Gasteiger partial charge in [-0.1, -0.05) is 59.1 Å². The molecule has 1 N–H and O–H groups in total. The van der Waals surface area contributed by atoms with Crippen LogP contribution in [0.15, 0.2) is 52.8 Å². The lowest BCUT2D eigenvalue weighted by Crippen LogP contribution is -2.06. The molecule has 138 valence electrons. The number of carbonyl (C=O) groups is 1. The van der Waals surface area contributed by atoms with Crippen molar-refractivity contribution in [2.45, 2.75) is 13.8 Å². The third kappa shape index (κ3) is 4.41. The number of halogens is 2. The zero-order valence-electron chi connectivity index (χ0n) is 14.8. The number of nitrogens with zero attached hydrogens (tertiary/aromatic N) is 1. The van der Waals surface area contributed by atoms with E-state index in [0.717, 1.165) is 11.1 Å². The lowest BCUT2D eigenvalue weighted by molar-refractivity contribution is 0.100. The van der Waals surface area contributed by atoms with Crippen LogP contribution < -0.4 is 0 Å². The van der Waals surface area contributed by atoms with Crippen LogP contribution in [0.3, 0.4) is 0 Å². The Labute approximate surface area is 171 Å². The summed E-state index contributed by atoms with van der Waals surface area (Å²) in [6.07, 6.45) is 0. The first-order valence-corrected chi connectivity index (χ1v) is 9.87. The first kappa shape index (κ1) is 19.6. The average molecular weight is 418 g/mol. The van der Waals surface area contributed by atoms with Gasteiger partial charge in [-0.3, -0.25) is 9.79 Å². The summed E-state index contributed by atoms with van der Waals surface area (Å²) in [5.41, 5.74) is 3.72. The third-order valence-corrected chi connectivity index (χ3v) is 5.93. The Morgan fingerprint density at radius 2 is 1.81 bits per heavy atom. The lowest BCUT2D eigenvalue weighted by atomic mass is 10.1. The molecule has 0 fully saturated rings. The Kier molecular flexibility index (Phi) is 6.00. The standard InChI is InChI=1S/C21H17Cl2NO2S/c1-12-3-5-14(6-4-12)19(25)10-24-13(2)16-11-27-21(20(16)26)15-7-8-17(22)18(23)9-15/h3-9,11,26H,10H2,1-2H3. The van der Waals surface area contributed by atoms with Gasteiger partial charge in [-0.15, -0.1) is 11.3 Å². The van der Waals surface area contributed by atoms with Crippen molar-refractivity contribution in [1.82, 2.24) is 0 Å². The summed E-state index contributed by atoms with van der Waals surface area (Å²) < 4.78 is 0. The number of Topliss-reactive ketones (excluding diaryl/α,β-unsaturated/α-hetero) is 1. The highest BCUT2D eigenvalue weighted by Crippen LogP contribution is 2.40. The summed E-state index contributed by atoms with van der Waals surface area (Å²) in [7, 11) is 0. The van der Waals surface area contributed by atoms with Gasteiger partial charge in [0, 0.05) is 22.2 Å². The van der Waals surface area contributed by atoms with Gasteiger partial charge >= 0.3 is 0 Å². The Bertz CT molecular complexity index is 1020. The molecule has 0 atom stereocenters. The van der Waals surface area contributed by atoms with Crippen LogP contribution in [0.5, 0.6) is 5.75 Å². The van der Waals surface area contributed by atoms with Crippen molar-refractivity contribution in [3.05, 3.63) is 74.6 Å². The number of benzene rings is 2. The summed E-state index contributed by atoms with van der Waals surface area (Å²) in [5.74, 6) is 0.0659. The second-order valence-corrected chi connectivity index (χ2v) is 7.84. The Morgan fingerprint density at radius 1 is 1.11 bits per heavy atom. The molecule has 6 heteroatoms. The molecule has 3 nitrogen and oxygen atoms in total. The van der Waals surface area contributed by atoms with Crippen LogP contribution in [-0.2, 0) is 0 Å². The van der Waals surface area contributed by atoms with E-state index < -0.39 is 0 Å². The van der Waals surface area contributed by atoms with Crippen LogP contribution in [0.4, 0.5) is 0 Å². The highest BCUT2D eigenvalue weighted by molar-refractivity contribution is 7.14. The highest BCUT2D eigenvalue weighted by Gasteiger charge is 2.16. The van der Waals surface area contributed by atoms with Crippen LogP contribution >= 0.6 is 34.5 Å². The largest absolute Gasteiger partial charge is 0.506 e. The number of hydrogen-bond donors (Lipinski definition) is 1. The lowest BCUT2D eigenvalue weighted by Gasteiger charge is -2.04. The smallest absolute Gasteiger partial charge is 0.184 e. The van der Waals surface area contributed by atoms with Gasteiger partial charge in [-0.2, -0.15) is 0 Å². The van der Waals surface area contributed by atoms with E-state index in [1.54, 1.807) is 37.3 Å². The van der Waals surface area contributed by atoms with E-state index in [1.165, 1.54) is 11.3 Å². The van der Waals surface area contributed by atoms with Gasteiger partial charge < -0.3 is 5.11 Å². The fourth-order valence-electron chi connectivity index (χ4n) is 2.56. The zero-order chi connectivity index (χ0) is 19.6. The van der Waals surface area contributed by atoms with E-state index in [1.807, 2.05) is 24.4 Å². The first-order chi connectivity index (χ1) is 12.9. The van der Waals surface area contributed by atoms with Crippen molar-refractivity contribution in [3.8, 4) is 16.2 Å². The van der Waals surface area contributed by atoms with Crippen molar-refractivity contribution in [2.24, 2.45) is 4.99 Å². The summed E-state index contributed by atoms with van der Waals surface area (Å²) in [4.78, 5) is 17.3. The minimum atomic E-state index is -0.0613. The second kappa shape index (κ2) is 8.26. The van der Waals surface area contributed by atoms with Gasteiger partial charge in [-0.25, -0.2) is 0 Å². The number of aliphatic imine (C=N–C) groups is 1. The summed E-state index contributed by atoms with van der Waals surface area (Å²) in [6, 6.07) is 12.6. The Hall–Kier alpha value is -2.14. The van der Waals surface area contributed by atoms with E-state index in [2.05, 4.69) is 4.99 Å². The average Bonchev–Trinajstić information content (AvgIpc) is 3.04. The van der Waals surface area contributed by atoms with E-state index in [4.69, 9.17) is 23.2 Å². The second-order valence-electron chi connectivity index (χ2n) is 6.15. The number of thiophene rings is 1. The monoisotopic (exact) mass is 417 g/mol. The molecule has 3 aromatic rings. The van der Waals surface area contributed by atoms with Crippen molar-refractivity contribution in [3.63, 3.8) is 0 Å². The molecule has 0 radical (unpaired) electrons. The number of rotatable bonds is 5. The zero-order valence-corrected chi connectivity index (χ0v) is 17.1. The molecule has 1 aromatic heterocycles. The van der Waals surface area contributed by atoms with Crippen LogP contribution in [-0.4, -0.2) is 23.1 Å². The van der Waals surface area contributed by atoms with Gasteiger partial charge in [0.25, 0.3) is 0 Å². The molecule has 0 saturated heterocycles. The molecule has 0 aliphatic heterocycles. The van der Waals surface area contributed by atoms with Crippen LogP contribution in [0.25, 0.3) is 10.4 Å². The molecule has 0 bridgehead atoms. The van der Waals surface area contributed by atoms with Gasteiger partial charge in [-0.05, 0) is 31.5 Å². The van der Waals surface area contributed by atoms with Crippen molar-refractivity contribution >= 4 is 46.0 Å². The van der Waals surface area contributed by atoms with Crippen LogP contribution in [0, 0.1) is 6.92 Å². The molecule has 27 heavy (non-hydrogen) atoms. The van der Waals surface area contributed by atoms with Gasteiger partial charge in [0.1, 0.15) is 12.3 Å². The number of carbonyl (C=O) groups excluding carboxylic acids is 1. The minimum Gasteiger partial charge on any atom is -0.506 e. The molecule has 3 rings (SSSR count). The van der Waals surface area contributed by atoms with Crippen molar-refractivity contribution in [1.29, 1.82) is 0 Å². The maximum Gasteiger partial charge on any atom is 0.184 e. The van der Waals surface area contributed by atoms with E-state index in [0.29, 0.717) is 31.8 Å². The molecule has 0 amide bonds. The van der Waals surface area contributed by atoms with E-state index >= 15 is 0 Å². The van der Waals surface area contributed by atoms with Gasteiger partial charge in [0.15, 0.2) is 5.78 Å². The van der Waals surface area contributed by atoms with Crippen molar-refractivity contribution < 1.29 is 9.90 Å². The molecular weight excluding hydrogens is 401 g/mol. The SMILES string of the molecule is CC(=NCC(=O)c1ccc(C)cc1)c1csc(-c2ccc(Cl)c(Cl)c2)c1O. The molecule has 0 unspecified atom stereocenters. The highest BCUT2D eigenvalue weighted by atomic mass is 35.5. The van der Waals surface area contributed by atoms with Crippen LogP contribution in [0.1, 0.15) is 28.4 Å². The number of aromatic hydroxyl groups is 1. The van der Waals surface area contributed by atoms with Crippen LogP contribution in [0.2, 0.25) is 10.0 Å². The van der Waals surface area contributed by atoms with Gasteiger partial charge in [0.05, 0.1) is 14.9 Å². The fourth-order valence-corrected chi connectivity index (χ4v) is 3.86. The molecule has 2 aromatic carbocycles. The summed E-state index contributed by atoms with van der Waals surface area (Å²) >= 11 is 13.4. The summed E-state index contributed by atoms with van der Waals surface area (Å²) in [6.45, 7) is 3.79. The molecule has 0 aliphatic carbocycles. The van der Waals surface area contributed by atoms with Gasteiger partial charge in [0.2, 0.25) is 0 Å². The Morgan fingerprint density at radius 3 is 2.48 bits per heavy atom. The topological polar surface area (TPSA) is 49.7 Å². The predicted molar refractivity (Wildman–Crippen MR) is 114 cm³/mol. The molecule has 0 spiro atoms. The molecule has 0 saturated carbocycles. The molecule has 1 heterocycles. The first-order valence-electron chi connectivity index (χ1n) is 8.24. The van der Waals surface area contributed by atoms with Crippen molar-refractivity contribution in [2.75, 3.05) is 6.54 Å². The predicted octanol–water partition coefficient (Wildman–Crippen LogP) is 6.43. The minimum absolute atomic E-state index is 0.0340. The molecular formula is C21H17Cl2NO2S. The van der Waals surface area contributed by atoms with E-state index in [9.17, 15) is 9.90 Å². The normalized spacial score (nSPS) is 11.6. The maximum absolute atomic E-state index is 12.3. The number of ketones is 1. The van der Waals surface area contributed by atoms with E-state index in [-0.39, 0.29) is 18.1 Å². The maximum atomic E-state index is 12.3. The quantitative estimate of drug-likeness (QED) is 0.384. The molecule has 0 aliphatic rings. The number of hydrogen-bond acceptors (Lipinski definition) is 4. The fraction of sp³-hybridized carbons (Fsp3) is 0.143. The number of aryl methyl sites for hydroxylation is 1.